The molecule has 7 nitrogen and oxygen atoms in total. The van der Waals surface area contributed by atoms with Crippen molar-refractivity contribution in [2.45, 2.75) is 6.42 Å². The number of fused-ring (bicyclic) bond motifs is 1. The van der Waals surface area contributed by atoms with Gasteiger partial charge < -0.3 is 23.7 Å². The maximum atomic E-state index is 12.1. The average molecular weight is 482 g/mol. The first-order chi connectivity index (χ1) is 17.6. The lowest BCUT2D eigenvalue weighted by molar-refractivity contribution is -0.134. The number of hydrogen-bond acceptors (Lipinski definition) is 7. The second kappa shape index (κ2) is 10.2. The molecule has 0 N–H and O–H groups in total. The van der Waals surface area contributed by atoms with E-state index in [4.69, 9.17) is 23.7 Å². The van der Waals surface area contributed by atoms with Crippen molar-refractivity contribution in [2.75, 3.05) is 13.9 Å². The van der Waals surface area contributed by atoms with Gasteiger partial charge >= 0.3 is 11.9 Å². The summed E-state index contributed by atoms with van der Waals surface area (Å²) in [5, 5.41) is 0. The third kappa shape index (κ3) is 5.15. The summed E-state index contributed by atoms with van der Waals surface area (Å²) in [6, 6.07) is 22.5. The van der Waals surface area contributed by atoms with E-state index in [1.165, 1.54) is 0 Å². The van der Waals surface area contributed by atoms with E-state index in [2.05, 4.69) is 0 Å². The smallest absolute Gasteiger partial charge is 0.343 e. The van der Waals surface area contributed by atoms with Crippen LogP contribution < -0.4 is 14.2 Å². The summed E-state index contributed by atoms with van der Waals surface area (Å²) >= 11 is 0. The molecule has 3 aliphatic heterocycles. The standard InChI is InChI=1S/C19H14O5.C10H8O2/c1-21-15-5-3-13(4-6-15)17-10-14(19(20)24-17)8-12-2-7-16-18(9-12)23-11-22-16;11-10-7-6-9(12-10)8-4-2-1-3-5-8/h2-10H,11H2,1H3;1-6H,7H2/b14-8-;. The van der Waals surface area contributed by atoms with E-state index in [0.717, 1.165) is 22.4 Å². The fourth-order valence-electron chi connectivity index (χ4n) is 3.73. The third-order valence-corrected chi connectivity index (χ3v) is 5.55. The van der Waals surface area contributed by atoms with Crippen LogP contribution in [0.25, 0.3) is 17.6 Å². The molecular formula is C29H22O7. The van der Waals surface area contributed by atoms with Crippen LogP contribution in [0.3, 0.4) is 0 Å². The lowest BCUT2D eigenvalue weighted by atomic mass is 10.1. The van der Waals surface area contributed by atoms with Gasteiger partial charge in [-0.05, 0) is 60.2 Å². The number of ether oxygens (including phenoxy) is 5. The molecule has 0 unspecified atom stereocenters. The Balaban J connectivity index is 0.000000186. The van der Waals surface area contributed by atoms with Crippen molar-refractivity contribution in [3.63, 3.8) is 0 Å². The number of cyclic esters (lactones) is 2. The number of carbonyl (C=O) groups is 2. The Morgan fingerprint density at radius 3 is 2.28 bits per heavy atom. The summed E-state index contributed by atoms with van der Waals surface area (Å²) in [6.07, 6.45) is 5.69. The molecule has 3 heterocycles. The molecule has 6 rings (SSSR count). The Morgan fingerprint density at radius 2 is 1.56 bits per heavy atom. The fourth-order valence-corrected chi connectivity index (χ4v) is 3.73. The van der Waals surface area contributed by atoms with Crippen LogP contribution in [-0.2, 0) is 19.1 Å². The molecular weight excluding hydrogens is 460 g/mol. The summed E-state index contributed by atoms with van der Waals surface area (Å²) in [7, 11) is 1.61. The van der Waals surface area contributed by atoms with Gasteiger partial charge in [0.25, 0.3) is 0 Å². The van der Waals surface area contributed by atoms with Gasteiger partial charge in [-0.1, -0.05) is 36.4 Å². The van der Waals surface area contributed by atoms with Crippen LogP contribution in [0.5, 0.6) is 17.2 Å². The summed E-state index contributed by atoms with van der Waals surface area (Å²) < 4.78 is 26.1. The number of benzene rings is 3. The van der Waals surface area contributed by atoms with Crippen molar-refractivity contribution in [3.8, 4) is 17.2 Å². The van der Waals surface area contributed by atoms with Gasteiger partial charge in [0, 0.05) is 11.1 Å². The Bertz CT molecular complexity index is 1380. The van der Waals surface area contributed by atoms with E-state index in [9.17, 15) is 9.59 Å². The Kier molecular flexibility index (Phi) is 6.53. The molecule has 3 aromatic carbocycles. The highest BCUT2D eigenvalue weighted by molar-refractivity contribution is 6.05. The highest BCUT2D eigenvalue weighted by atomic mass is 16.7. The van der Waals surface area contributed by atoms with Crippen LogP contribution in [-0.4, -0.2) is 25.8 Å². The summed E-state index contributed by atoms with van der Waals surface area (Å²) in [6.45, 7) is 0.221. The molecule has 0 aromatic heterocycles. The van der Waals surface area contributed by atoms with Crippen LogP contribution >= 0.6 is 0 Å². The minimum absolute atomic E-state index is 0.172. The summed E-state index contributed by atoms with van der Waals surface area (Å²) in [5.74, 6) is 2.79. The van der Waals surface area contributed by atoms with Crippen molar-refractivity contribution in [1.29, 1.82) is 0 Å². The zero-order valence-corrected chi connectivity index (χ0v) is 19.4. The van der Waals surface area contributed by atoms with Crippen LogP contribution in [0.4, 0.5) is 0 Å². The minimum Gasteiger partial charge on any atom is -0.497 e. The molecule has 0 bridgehead atoms. The van der Waals surface area contributed by atoms with Gasteiger partial charge in [-0.25, -0.2) is 4.79 Å². The van der Waals surface area contributed by atoms with E-state index >= 15 is 0 Å². The van der Waals surface area contributed by atoms with Gasteiger partial charge in [-0.15, -0.1) is 0 Å². The van der Waals surface area contributed by atoms with Gasteiger partial charge in [-0.2, -0.15) is 0 Å². The highest BCUT2D eigenvalue weighted by Crippen LogP contribution is 2.34. The fraction of sp³-hybridized carbons (Fsp3) is 0.103. The third-order valence-electron chi connectivity index (χ3n) is 5.55. The number of hydrogen-bond donors (Lipinski definition) is 0. The molecule has 0 saturated heterocycles. The van der Waals surface area contributed by atoms with Gasteiger partial charge in [0.15, 0.2) is 11.5 Å². The maximum absolute atomic E-state index is 12.1. The summed E-state index contributed by atoms with van der Waals surface area (Å²) in [5.41, 5.74) is 3.11. The van der Waals surface area contributed by atoms with Crippen LogP contribution in [0, 0.1) is 0 Å². The van der Waals surface area contributed by atoms with Crippen molar-refractivity contribution in [2.24, 2.45) is 0 Å². The first kappa shape index (κ1) is 23.0. The molecule has 0 amide bonds. The van der Waals surface area contributed by atoms with E-state index in [-0.39, 0.29) is 18.7 Å². The molecule has 0 spiro atoms. The Hall–Kier alpha value is -4.78. The second-order valence-electron chi connectivity index (χ2n) is 7.95. The summed E-state index contributed by atoms with van der Waals surface area (Å²) in [4.78, 5) is 22.8. The van der Waals surface area contributed by atoms with Crippen molar-refractivity contribution in [3.05, 3.63) is 107 Å². The van der Waals surface area contributed by atoms with E-state index in [0.29, 0.717) is 35.0 Å². The molecule has 3 aromatic rings. The average Bonchev–Trinajstić information content (AvgIpc) is 3.65. The second-order valence-corrected chi connectivity index (χ2v) is 7.95. The predicted octanol–water partition coefficient (Wildman–Crippen LogP) is 5.38. The van der Waals surface area contributed by atoms with Crippen molar-refractivity contribution in [1.82, 2.24) is 0 Å². The molecule has 0 aliphatic carbocycles. The number of carbonyl (C=O) groups excluding carboxylic acids is 2. The molecule has 0 saturated carbocycles. The monoisotopic (exact) mass is 482 g/mol. The van der Waals surface area contributed by atoms with Gasteiger partial charge in [-0.3, -0.25) is 4.79 Å². The quantitative estimate of drug-likeness (QED) is 0.365. The SMILES string of the molecule is COc1ccc(C2=C/C(=C/c3ccc4c(c3)OCO4)C(=O)O2)cc1.O=C1CC=C(c2ccccc2)O1. The molecule has 7 heteroatoms. The molecule has 0 radical (unpaired) electrons. The van der Waals surface area contributed by atoms with E-state index < -0.39 is 0 Å². The number of rotatable bonds is 4. The van der Waals surface area contributed by atoms with Crippen LogP contribution in [0.2, 0.25) is 0 Å². The van der Waals surface area contributed by atoms with Gasteiger partial charge in [0.1, 0.15) is 17.3 Å². The van der Waals surface area contributed by atoms with Crippen LogP contribution in [0.15, 0.2) is 90.5 Å². The lowest BCUT2D eigenvalue weighted by Crippen LogP contribution is -1.97. The first-order valence-electron chi connectivity index (χ1n) is 11.2. The Labute approximate surface area is 207 Å². The molecule has 0 fully saturated rings. The molecule has 3 aliphatic rings. The first-order valence-corrected chi connectivity index (χ1v) is 11.2. The van der Waals surface area contributed by atoms with Crippen molar-refractivity contribution >= 4 is 29.5 Å². The van der Waals surface area contributed by atoms with Crippen molar-refractivity contribution < 1.29 is 33.3 Å². The largest absolute Gasteiger partial charge is 0.497 e. The minimum atomic E-state index is -0.376. The van der Waals surface area contributed by atoms with Crippen LogP contribution in [0.1, 0.15) is 23.1 Å². The molecule has 36 heavy (non-hydrogen) atoms. The normalized spacial score (nSPS) is 16.5. The van der Waals surface area contributed by atoms with E-state index in [1.807, 2.05) is 72.8 Å². The zero-order chi connectivity index (χ0) is 24.9. The van der Waals surface area contributed by atoms with Gasteiger partial charge in [0.2, 0.25) is 6.79 Å². The van der Waals surface area contributed by atoms with E-state index in [1.54, 1.807) is 25.3 Å². The highest BCUT2D eigenvalue weighted by Gasteiger charge is 2.22. The maximum Gasteiger partial charge on any atom is 0.343 e. The molecule has 180 valence electrons. The number of esters is 2. The number of methoxy groups -OCH3 is 1. The Morgan fingerprint density at radius 1 is 0.806 bits per heavy atom. The van der Waals surface area contributed by atoms with Gasteiger partial charge in [0.05, 0.1) is 19.1 Å². The zero-order valence-electron chi connectivity index (χ0n) is 19.4. The topological polar surface area (TPSA) is 80.3 Å². The lowest BCUT2D eigenvalue weighted by Gasteiger charge is -2.03. The molecule has 0 atom stereocenters. The predicted molar refractivity (Wildman–Crippen MR) is 133 cm³/mol.